The van der Waals surface area contributed by atoms with E-state index in [0.717, 1.165) is 0 Å². The quantitative estimate of drug-likeness (QED) is 0.532. The second kappa shape index (κ2) is 4.55. The van der Waals surface area contributed by atoms with E-state index in [9.17, 15) is 4.79 Å². The van der Waals surface area contributed by atoms with Crippen molar-refractivity contribution >= 4 is 5.97 Å². The lowest BCUT2D eigenvalue weighted by atomic mass is 9.90. The predicted molar refractivity (Wildman–Crippen MR) is 45.2 cm³/mol. The molecule has 5 nitrogen and oxygen atoms in total. The zero-order chi connectivity index (χ0) is 9.73. The lowest BCUT2D eigenvalue weighted by Gasteiger charge is -2.26. The van der Waals surface area contributed by atoms with Crippen molar-refractivity contribution in [2.45, 2.75) is 0 Å². The van der Waals surface area contributed by atoms with Crippen LogP contribution in [0.15, 0.2) is 0 Å². The number of rotatable bonds is 2. The first-order chi connectivity index (χ1) is 6.25. The second-order valence-electron chi connectivity index (χ2n) is 3.16. The summed E-state index contributed by atoms with van der Waals surface area (Å²) >= 11 is 0. The van der Waals surface area contributed by atoms with Gasteiger partial charge < -0.3 is 19.9 Å². The monoisotopic (exact) mass is 189 g/mol. The van der Waals surface area contributed by atoms with Gasteiger partial charge >= 0.3 is 5.97 Å². The molecule has 1 fully saturated rings. The molecule has 1 aliphatic heterocycles. The molecule has 1 aliphatic rings. The molecule has 1 atom stereocenters. The maximum atomic E-state index is 11.4. The number of methoxy groups -OCH3 is 1. The molecule has 0 spiro atoms. The number of nitrogens with one attached hydrogen (secondary N) is 1. The van der Waals surface area contributed by atoms with E-state index in [4.69, 9.17) is 9.84 Å². The van der Waals surface area contributed by atoms with E-state index in [-0.39, 0.29) is 13.2 Å². The first-order valence-corrected chi connectivity index (χ1v) is 4.23. The van der Waals surface area contributed by atoms with Gasteiger partial charge in [0.15, 0.2) is 0 Å². The largest absolute Gasteiger partial charge is 0.468 e. The van der Waals surface area contributed by atoms with Gasteiger partial charge in [-0.3, -0.25) is 4.79 Å². The van der Waals surface area contributed by atoms with Gasteiger partial charge in [-0.15, -0.1) is 0 Å². The van der Waals surface area contributed by atoms with Gasteiger partial charge in [-0.05, 0) is 0 Å². The van der Waals surface area contributed by atoms with Gasteiger partial charge in [0.25, 0.3) is 0 Å². The molecule has 2 N–H and O–H groups in total. The van der Waals surface area contributed by atoms with Gasteiger partial charge in [-0.1, -0.05) is 0 Å². The first kappa shape index (κ1) is 10.4. The summed E-state index contributed by atoms with van der Waals surface area (Å²) in [5.41, 5.74) is -0.925. The normalized spacial score (nSPS) is 29.4. The summed E-state index contributed by atoms with van der Waals surface area (Å²) in [5.74, 6) is -0.426. The number of aliphatic hydroxyl groups excluding tert-OH is 1. The summed E-state index contributed by atoms with van der Waals surface area (Å²) in [5, 5.41) is 12.2. The Hall–Kier alpha value is -0.650. The van der Waals surface area contributed by atoms with Gasteiger partial charge in [0.1, 0.15) is 5.41 Å². The topological polar surface area (TPSA) is 67.8 Å². The third kappa shape index (κ3) is 2.18. The van der Waals surface area contributed by atoms with Crippen molar-refractivity contribution in [2.75, 3.05) is 40.0 Å². The van der Waals surface area contributed by atoms with E-state index in [1.807, 2.05) is 0 Å². The Balaban J connectivity index is 2.70. The van der Waals surface area contributed by atoms with Gasteiger partial charge in [-0.25, -0.2) is 0 Å². The summed E-state index contributed by atoms with van der Waals surface area (Å²) < 4.78 is 9.82. The third-order valence-corrected chi connectivity index (χ3v) is 2.19. The summed E-state index contributed by atoms with van der Waals surface area (Å²) in [6.07, 6.45) is 0. The summed E-state index contributed by atoms with van der Waals surface area (Å²) in [4.78, 5) is 11.4. The Morgan fingerprint density at radius 2 is 2.54 bits per heavy atom. The third-order valence-electron chi connectivity index (χ3n) is 2.19. The number of carbonyl (C=O) groups excluding carboxylic acids is 1. The highest BCUT2D eigenvalue weighted by molar-refractivity contribution is 5.77. The molecule has 0 bridgehead atoms. The van der Waals surface area contributed by atoms with Crippen molar-refractivity contribution in [1.82, 2.24) is 5.32 Å². The van der Waals surface area contributed by atoms with E-state index >= 15 is 0 Å². The molecule has 0 radical (unpaired) electrons. The van der Waals surface area contributed by atoms with Crippen molar-refractivity contribution < 1.29 is 19.4 Å². The SMILES string of the molecule is COC(=O)C1(CO)CNCCOC1. The Morgan fingerprint density at radius 3 is 3.15 bits per heavy atom. The number of hydrogen-bond donors (Lipinski definition) is 2. The molecule has 0 saturated carbocycles. The highest BCUT2D eigenvalue weighted by atomic mass is 16.5. The summed E-state index contributed by atoms with van der Waals surface area (Å²) in [6.45, 7) is 1.60. The van der Waals surface area contributed by atoms with Gasteiger partial charge in [0, 0.05) is 13.1 Å². The van der Waals surface area contributed by atoms with Crippen molar-refractivity contribution in [2.24, 2.45) is 5.41 Å². The highest BCUT2D eigenvalue weighted by Crippen LogP contribution is 2.19. The average molecular weight is 189 g/mol. The number of esters is 1. The van der Waals surface area contributed by atoms with Crippen LogP contribution in [0.4, 0.5) is 0 Å². The van der Waals surface area contributed by atoms with Crippen LogP contribution in [-0.2, 0) is 14.3 Å². The number of hydrogen-bond acceptors (Lipinski definition) is 5. The van der Waals surface area contributed by atoms with Gasteiger partial charge in [0.2, 0.25) is 0 Å². The minimum absolute atomic E-state index is 0.211. The average Bonchev–Trinajstić information content (AvgIpc) is 2.42. The molecule has 1 rings (SSSR count). The molecule has 1 unspecified atom stereocenters. The summed E-state index contributed by atoms with van der Waals surface area (Å²) in [7, 11) is 1.31. The van der Waals surface area contributed by atoms with Crippen LogP contribution >= 0.6 is 0 Å². The second-order valence-corrected chi connectivity index (χ2v) is 3.16. The molecular formula is C8H15NO4. The molecule has 0 aromatic carbocycles. The highest BCUT2D eigenvalue weighted by Gasteiger charge is 2.40. The lowest BCUT2D eigenvalue weighted by molar-refractivity contribution is -0.158. The van der Waals surface area contributed by atoms with Crippen LogP contribution in [0.1, 0.15) is 0 Å². The van der Waals surface area contributed by atoms with Crippen LogP contribution < -0.4 is 5.32 Å². The van der Waals surface area contributed by atoms with Crippen molar-refractivity contribution in [3.8, 4) is 0 Å². The van der Waals surface area contributed by atoms with E-state index in [1.165, 1.54) is 7.11 Å². The van der Waals surface area contributed by atoms with Crippen LogP contribution in [0, 0.1) is 5.41 Å². The van der Waals surface area contributed by atoms with Crippen LogP contribution in [0.2, 0.25) is 0 Å². The summed E-state index contributed by atoms with van der Waals surface area (Å²) in [6, 6.07) is 0. The van der Waals surface area contributed by atoms with E-state index in [2.05, 4.69) is 10.1 Å². The maximum Gasteiger partial charge on any atom is 0.317 e. The minimum Gasteiger partial charge on any atom is -0.468 e. The zero-order valence-electron chi connectivity index (χ0n) is 7.71. The fourth-order valence-corrected chi connectivity index (χ4v) is 1.30. The Labute approximate surface area is 77.0 Å². The Kier molecular flexibility index (Phi) is 3.65. The molecular weight excluding hydrogens is 174 g/mol. The standard InChI is InChI=1S/C8H15NO4/c1-12-7(11)8(5-10)4-9-2-3-13-6-8/h9-10H,2-6H2,1H3. The molecule has 5 heteroatoms. The van der Waals surface area contributed by atoms with E-state index < -0.39 is 11.4 Å². The maximum absolute atomic E-state index is 11.4. The zero-order valence-corrected chi connectivity index (χ0v) is 7.71. The number of ether oxygens (including phenoxy) is 2. The van der Waals surface area contributed by atoms with Gasteiger partial charge in [-0.2, -0.15) is 0 Å². The molecule has 1 saturated heterocycles. The van der Waals surface area contributed by atoms with Gasteiger partial charge in [0.05, 0.1) is 26.9 Å². The molecule has 0 aromatic rings. The van der Waals surface area contributed by atoms with Crippen molar-refractivity contribution in [3.63, 3.8) is 0 Å². The smallest absolute Gasteiger partial charge is 0.317 e. The van der Waals surface area contributed by atoms with Crippen LogP contribution in [0.25, 0.3) is 0 Å². The van der Waals surface area contributed by atoms with Crippen LogP contribution in [0.3, 0.4) is 0 Å². The number of carbonyl (C=O) groups is 1. The lowest BCUT2D eigenvalue weighted by Crippen LogP contribution is -2.46. The molecule has 0 aromatic heterocycles. The van der Waals surface area contributed by atoms with Crippen LogP contribution in [-0.4, -0.2) is 51.1 Å². The predicted octanol–water partition coefficient (Wildman–Crippen LogP) is -1.24. The van der Waals surface area contributed by atoms with E-state index in [1.54, 1.807) is 0 Å². The molecule has 13 heavy (non-hydrogen) atoms. The molecule has 1 heterocycles. The fourth-order valence-electron chi connectivity index (χ4n) is 1.30. The fraction of sp³-hybridized carbons (Fsp3) is 0.875. The number of aliphatic hydroxyl groups is 1. The minimum atomic E-state index is -0.925. The van der Waals surface area contributed by atoms with Crippen molar-refractivity contribution in [3.05, 3.63) is 0 Å². The van der Waals surface area contributed by atoms with Crippen LogP contribution in [0.5, 0.6) is 0 Å². The first-order valence-electron chi connectivity index (χ1n) is 4.23. The Bertz CT molecular complexity index is 175. The van der Waals surface area contributed by atoms with Crippen molar-refractivity contribution in [1.29, 1.82) is 0 Å². The molecule has 76 valence electrons. The molecule has 0 aliphatic carbocycles. The molecule has 0 amide bonds. The Morgan fingerprint density at radius 1 is 1.77 bits per heavy atom. The van der Waals surface area contributed by atoms with E-state index in [0.29, 0.717) is 19.7 Å².